The Balaban J connectivity index is 1.64. The van der Waals surface area contributed by atoms with Crippen LogP contribution < -0.4 is 15.8 Å². The van der Waals surface area contributed by atoms with Crippen molar-refractivity contribution in [2.75, 3.05) is 5.32 Å². The van der Waals surface area contributed by atoms with Crippen molar-refractivity contribution < 1.29 is 30.1 Å². The maximum absolute atomic E-state index is 12.3. The van der Waals surface area contributed by atoms with Crippen LogP contribution in [0.15, 0.2) is 77.4 Å². The van der Waals surface area contributed by atoms with Crippen molar-refractivity contribution in [3.8, 4) is 17.1 Å². The Morgan fingerprint density at radius 2 is 1.82 bits per heavy atom. The number of hydrogen-bond acceptors (Lipinski definition) is 7. The topological polar surface area (TPSA) is 156 Å². The van der Waals surface area contributed by atoms with E-state index in [0.717, 1.165) is 6.07 Å². The van der Waals surface area contributed by atoms with Crippen LogP contribution in [0.25, 0.3) is 17.1 Å². The summed E-state index contributed by atoms with van der Waals surface area (Å²) in [5, 5.41) is 46.8. The highest BCUT2D eigenvalue weighted by molar-refractivity contribution is 5.90. The zero-order valence-electron chi connectivity index (χ0n) is 17.3. The Labute approximate surface area is 187 Å². The minimum Gasteiger partial charge on any atom is -0.595 e. The number of aryl methyl sites for hydroxylation is 1. The van der Waals surface area contributed by atoms with Gasteiger partial charge in [0.25, 0.3) is 0 Å². The fourth-order valence-electron chi connectivity index (χ4n) is 3.35. The lowest BCUT2D eigenvalue weighted by Crippen LogP contribution is -3.01. The van der Waals surface area contributed by atoms with Crippen molar-refractivity contribution in [2.24, 2.45) is 0 Å². The second-order valence-corrected chi connectivity index (χ2v) is 7.17. The molecular formula is C22H21N5O6. The fraction of sp³-hybridized carbons (Fsp3) is 0.0909. The van der Waals surface area contributed by atoms with E-state index < -0.39 is 10.5 Å². The number of hydrogen-bond donors (Lipinski definition) is 5. The van der Waals surface area contributed by atoms with Gasteiger partial charge in [0.2, 0.25) is 5.91 Å². The molecule has 0 spiro atoms. The molecule has 0 saturated heterocycles. The molecule has 0 fully saturated rings. The average molecular weight is 451 g/mol. The summed E-state index contributed by atoms with van der Waals surface area (Å²) in [4.78, 5) is 12.3. The second kappa shape index (κ2) is 9.75. The zero-order chi connectivity index (χ0) is 23.4. The van der Waals surface area contributed by atoms with Crippen LogP contribution in [0.1, 0.15) is 12.1 Å². The van der Waals surface area contributed by atoms with Crippen molar-refractivity contribution >= 4 is 23.0 Å². The first-order valence-electron chi connectivity index (χ1n) is 10.0. The minimum atomic E-state index is -1.29. The van der Waals surface area contributed by atoms with Crippen LogP contribution in [0.4, 0.5) is 17.1 Å². The molecule has 2 heterocycles. The molecule has 2 aromatic heterocycles. The van der Waals surface area contributed by atoms with E-state index >= 15 is 0 Å². The van der Waals surface area contributed by atoms with Gasteiger partial charge in [-0.1, -0.05) is 18.2 Å². The number of amides is 1. The molecule has 5 N–H and O–H groups in total. The summed E-state index contributed by atoms with van der Waals surface area (Å²) in [7, 11) is 0. The smallest absolute Gasteiger partial charge is 0.224 e. The number of carbonyl (C=O) groups is 1. The number of aromatic nitrogens is 2. The van der Waals surface area contributed by atoms with E-state index in [2.05, 4.69) is 10.4 Å². The summed E-state index contributed by atoms with van der Waals surface area (Å²) >= 11 is 0. The SMILES string of the molecule is O=C(CCc1cc(-c2ccco2)n(-c2ccc([NH+]([O-])O)cc2[NH+]([O-])O)n1)Nc1ccccc1. The highest BCUT2D eigenvalue weighted by Crippen LogP contribution is 2.28. The Bertz CT molecular complexity index is 1220. The molecule has 0 aliphatic heterocycles. The van der Waals surface area contributed by atoms with Gasteiger partial charge < -0.3 is 20.1 Å². The first kappa shape index (κ1) is 22.4. The largest absolute Gasteiger partial charge is 0.595 e. The van der Waals surface area contributed by atoms with E-state index in [9.17, 15) is 25.6 Å². The van der Waals surface area contributed by atoms with Gasteiger partial charge in [-0.05, 0) is 36.4 Å². The Morgan fingerprint density at radius 3 is 2.48 bits per heavy atom. The van der Waals surface area contributed by atoms with Crippen molar-refractivity contribution in [1.82, 2.24) is 9.78 Å². The molecule has 0 radical (unpaired) electrons. The number of furan rings is 1. The average Bonchev–Trinajstić information content (AvgIpc) is 3.48. The quantitative estimate of drug-likeness (QED) is 0.254. The van der Waals surface area contributed by atoms with E-state index in [1.807, 2.05) is 18.2 Å². The van der Waals surface area contributed by atoms with Crippen LogP contribution in [0, 0.1) is 10.4 Å². The molecule has 33 heavy (non-hydrogen) atoms. The first-order chi connectivity index (χ1) is 15.9. The zero-order valence-corrected chi connectivity index (χ0v) is 17.3. The molecule has 0 bridgehead atoms. The van der Waals surface area contributed by atoms with Crippen LogP contribution in [0.3, 0.4) is 0 Å². The summed E-state index contributed by atoms with van der Waals surface area (Å²) in [6.45, 7) is 0. The number of para-hydroxylation sites is 1. The molecule has 4 rings (SSSR count). The normalized spacial score (nSPS) is 13.0. The van der Waals surface area contributed by atoms with Gasteiger partial charge in [0.05, 0.1) is 18.0 Å². The summed E-state index contributed by atoms with van der Waals surface area (Å²) in [5.41, 5.74) is 1.51. The van der Waals surface area contributed by atoms with E-state index in [-0.39, 0.29) is 29.4 Å². The third-order valence-corrected chi connectivity index (χ3v) is 4.90. The molecule has 11 nitrogen and oxygen atoms in total. The summed E-state index contributed by atoms with van der Waals surface area (Å²) in [5.74, 6) is 0.258. The third kappa shape index (κ3) is 5.15. The maximum Gasteiger partial charge on any atom is 0.224 e. The fourth-order valence-corrected chi connectivity index (χ4v) is 3.35. The van der Waals surface area contributed by atoms with Crippen molar-refractivity contribution in [2.45, 2.75) is 12.8 Å². The number of quaternary nitrogens is 2. The first-order valence-corrected chi connectivity index (χ1v) is 10.0. The van der Waals surface area contributed by atoms with Crippen molar-refractivity contribution in [1.29, 1.82) is 0 Å². The molecule has 0 aliphatic carbocycles. The van der Waals surface area contributed by atoms with Gasteiger partial charge in [0.1, 0.15) is 11.4 Å². The number of benzene rings is 2. The molecule has 2 unspecified atom stereocenters. The molecule has 1 amide bonds. The van der Waals surface area contributed by atoms with Gasteiger partial charge in [0, 0.05) is 24.6 Å². The molecule has 170 valence electrons. The lowest BCUT2D eigenvalue weighted by Gasteiger charge is -2.19. The lowest BCUT2D eigenvalue weighted by atomic mass is 10.2. The van der Waals surface area contributed by atoms with E-state index in [1.54, 1.807) is 30.3 Å². The van der Waals surface area contributed by atoms with Gasteiger partial charge in [-0.2, -0.15) is 15.6 Å². The standard InChI is InChI=1S/C22H21N5O6/c28-22(23-15-5-2-1-3-6-15)11-8-16-13-20(21-7-4-12-33-21)25(24-16)18-10-9-17(26(29)30)14-19(18)27(31)32/h1-7,9-10,12-14,26-27,29,31H,8,11H2,(H,23,28). The lowest BCUT2D eigenvalue weighted by molar-refractivity contribution is -0.996. The van der Waals surface area contributed by atoms with Crippen LogP contribution in [-0.4, -0.2) is 26.1 Å². The van der Waals surface area contributed by atoms with Crippen LogP contribution in [-0.2, 0) is 11.2 Å². The minimum absolute atomic E-state index is 0.152. The predicted octanol–water partition coefficient (Wildman–Crippen LogP) is 1.51. The highest BCUT2D eigenvalue weighted by atomic mass is 16.8. The Morgan fingerprint density at radius 1 is 1.03 bits per heavy atom. The van der Waals surface area contributed by atoms with Gasteiger partial charge in [-0.3, -0.25) is 4.79 Å². The second-order valence-electron chi connectivity index (χ2n) is 7.17. The monoisotopic (exact) mass is 451 g/mol. The van der Waals surface area contributed by atoms with Gasteiger partial charge >= 0.3 is 0 Å². The molecular weight excluding hydrogens is 430 g/mol. The van der Waals surface area contributed by atoms with E-state index in [1.165, 1.54) is 23.1 Å². The molecule has 4 aromatic rings. The number of anilines is 1. The number of carbonyl (C=O) groups excluding carboxylic acids is 1. The number of nitrogens with one attached hydrogen (secondary N) is 3. The molecule has 0 aliphatic rings. The number of nitrogens with zero attached hydrogens (tertiary/aromatic N) is 2. The van der Waals surface area contributed by atoms with Crippen LogP contribution >= 0.6 is 0 Å². The predicted molar refractivity (Wildman–Crippen MR) is 116 cm³/mol. The summed E-state index contributed by atoms with van der Waals surface area (Å²) in [6.07, 6.45) is 1.94. The Hall–Kier alpha value is -3.84. The van der Waals surface area contributed by atoms with Gasteiger partial charge in [-0.25, -0.2) is 15.1 Å². The molecule has 2 aromatic carbocycles. The van der Waals surface area contributed by atoms with Crippen LogP contribution in [0.2, 0.25) is 0 Å². The number of rotatable bonds is 8. The van der Waals surface area contributed by atoms with Crippen molar-refractivity contribution in [3.05, 3.63) is 89.1 Å². The maximum atomic E-state index is 12.3. The molecule has 2 atom stereocenters. The van der Waals surface area contributed by atoms with Crippen LogP contribution in [0.5, 0.6) is 0 Å². The third-order valence-electron chi connectivity index (χ3n) is 4.90. The molecule has 11 heteroatoms. The van der Waals surface area contributed by atoms with Gasteiger partial charge in [0.15, 0.2) is 17.1 Å². The Kier molecular flexibility index (Phi) is 6.60. The molecule has 0 saturated carbocycles. The highest BCUT2D eigenvalue weighted by Gasteiger charge is 2.21. The summed E-state index contributed by atoms with van der Waals surface area (Å²) < 4.78 is 6.87. The van der Waals surface area contributed by atoms with Crippen molar-refractivity contribution in [3.63, 3.8) is 0 Å². The van der Waals surface area contributed by atoms with E-state index in [0.29, 0.717) is 29.3 Å². The van der Waals surface area contributed by atoms with Gasteiger partial charge in [-0.15, -0.1) is 0 Å². The summed E-state index contributed by atoms with van der Waals surface area (Å²) in [6, 6.07) is 18.0. The van der Waals surface area contributed by atoms with E-state index in [4.69, 9.17) is 4.42 Å².